The summed E-state index contributed by atoms with van der Waals surface area (Å²) in [5.74, 6) is 0.933. The van der Waals surface area contributed by atoms with Gasteiger partial charge in [0.25, 0.3) is 0 Å². The Balaban J connectivity index is 1.41. The van der Waals surface area contributed by atoms with Crippen molar-refractivity contribution >= 4 is 0 Å². The Bertz CT molecular complexity index is 316. The van der Waals surface area contributed by atoms with Crippen LogP contribution in [0.25, 0.3) is 0 Å². The van der Waals surface area contributed by atoms with Gasteiger partial charge in [-0.15, -0.1) is 0 Å². The molecule has 0 aromatic rings. The first-order valence-corrected chi connectivity index (χ1v) is 9.33. The number of piperidine rings is 1. The van der Waals surface area contributed by atoms with E-state index >= 15 is 0 Å². The molecule has 3 rings (SSSR count). The van der Waals surface area contributed by atoms with Crippen molar-refractivity contribution in [3.05, 3.63) is 0 Å². The minimum atomic E-state index is 0.716. The van der Waals surface area contributed by atoms with Gasteiger partial charge in [-0.05, 0) is 91.4 Å². The van der Waals surface area contributed by atoms with Crippen LogP contribution in [0.4, 0.5) is 0 Å². The molecule has 3 fully saturated rings. The minimum Gasteiger partial charge on any atom is -0.314 e. The number of hydrogen-bond acceptors (Lipinski definition) is 3. The lowest BCUT2D eigenvalue weighted by atomic mass is 9.90. The Morgan fingerprint density at radius 3 is 2.38 bits per heavy atom. The first kappa shape index (κ1) is 15.8. The average Bonchev–Trinajstić information content (AvgIpc) is 2.70. The Morgan fingerprint density at radius 1 is 1.00 bits per heavy atom. The van der Waals surface area contributed by atoms with Gasteiger partial charge in [-0.25, -0.2) is 0 Å². The molecule has 21 heavy (non-hydrogen) atoms. The van der Waals surface area contributed by atoms with Gasteiger partial charge in [0.15, 0.2) is 0 Å². The average molecular weight is 293 g/mol. The molecule has 122 valence electrons. The molecule has 0 aromatic heterocycles. The predicted octanol–water partition coefficient (Wildman–Crippen LogP) is 2.71. The van der Waals surface area contributed by atoms with E-state index in [0.29, 0.717) is 6.04 Å². The first-order valence-electron chi connectivity index (χ1n) is 9.33. The quantitative estimate of drug-likeness (QED) is 0.860. The van der Waals surface area contributed by atoms with Gasteiger partial charge in [-0.1, -0.05) is 0 Å². The predicted molar refractivity (Wildman–Crippen MR) is 89.6 cm³/mol. The number of hydrogen-bond donors (Lipinski definition) is 1. The number of nitrogens with zero attached hydrogens (tertiary/aromatic N) is 2. The van der Waals surface area contributed by atoms with Crippen LogP contribution in [0.3, 0.4) is 0 Å². The first-order chi connectivity index (χ1) is 10.1. The summed E-state index contributed by atoms with van der Waals surface area (Å²) in [6, 6.07) is 3.27. The highest BCUT2D eigenvalue weighted by Crippen LogP contribution is 2.37. The number of fused-ring (bicyclic) bond motifs is 2. The summed E-state index contributed by atoms with van der Waals surface area (Å²) < 4.78 is 0. The lowest BCUT2D eigenvalue weighted by Crippen LogP contribution is -2.44. The molecule has 0 radical (unpaired) electrons. The minimum absolute atomic E-state index is 0.716. The zero-order chi connectivity index (χ0) is 14.8. The van der Waals surface area contributed by atoms with E-state index in [-0.39, 0.29) is 0 Å². The van der Waals surface area contributed by atoms with Crippen molar-refractivity contribution in [3.8, 4) is 0 Å². The number of nitrogens with one attached hydrogen (secondary N) is 1. The Labute approximate surface area is 131 Å². The van der Waals surface area contributed by atoms with Gasteiger partial charge in [-0.2, -0.15) is 0 Å². The van der Waals surface area contributed by atoms with Crippen LogP contribution in [-0.4, -0.2) is 60.6 Å². The summed E-state index contributed by atoms with van der Waals surface area (Å²) in [7, 11) is 2.35. The fourth-order valence-electron chi connectivity index (χ4n) is 4.86. The maximum atomic E-state index is 3.93. The van der Waals surface area contributed by atoms with Gasteiger partial charge >= 0.3 is 0 Å². The lowest BCUT2D eigenvalue weighted by molar-refractivity contribution is 0.130. The smallest absolute Gasteiger partial charge is 0.00988 e. The largest absolute Gasteiger partial charge is 0.314 e. The zero-order valence-electron chi connectivity index (χ0n) is 14.4. The van der Waals surface area contributed by atoms with E-state index in [4.69, 9.17) is 0 Å². The maximum Gasteiger partial charge on any atom is 0.00988 e. The molecule has 3 heteroatoms. The van der Waals surface area contributed by atoms with Crippen LogP contribution in [0.5, 0.6) is 0 Å². The molecule has 1 N–H and O–H groups in total. The van der Waals surface area contributed by atoms with Crippen molar-refractivity contribution in [1.29, 1.82) is 0 Å². The third-order valence-corrected chi connectivity index (χ3v) is 6.38. The van der Waals surface area contributed by atoms with Crippen LogP contribution in [0, 0.1) is 5.92 Å². The van der Waals surface area contributed by atoms with E-state index in [1.54, 1.807) is 0 Å². The van der Waals surface area contributed by atoms with E-state index in [1.807, 2.05) is 0 Å². The molecule has 0 amide bonds. The van der Waals surface area contributed by atoms with Gasteiger partial charge in [0.1, 0.15) is 0 Å². The SMILES string of the molecule is CC(C)N1CCCC(NCC2CC3CCC(C2)N3C)CC1. The van der Waals surface area contributed by atoms with Crippen molar-refractivity contribution in [3.63, 3.8) is 0 Å². The standard InChI is InChI=1S/C18H35N3/c1-14(2)21-9-4-5-16(8-10-21)19-13-15-11-17-6-7-18(12-15)20(17)3/h14-19H,4-13H2,1-3H3. The van der Waals surface area contributed by atoms with Gasteiger partial charge in [0.05, 0.1) is 0 Å². The summed E-state index contributed by atoms with van der Waals surface area (Å²) in [5.41, 5.74) is 0. The molecule has 3 unspecified atom stereocenters. The zero-order valence-corrected chi connectivity index (χ0v) is 14.4. The Kier molecular flexibility index (Phi) is 5.23. The molecule has 0 aromatic carbocycles. The Hall–Kier alpha value is -0.120. The van der Waals surface area contributed by atoms with E-state index < -0.39 is 0 Å². The fourth-order valence-corrected chi connectivity index (χ4v) is 4.86. The monoisotopic (exact) mass is 293 g/mol. The molecule has 3 saturated heterocycles. The second kappa shape index (κ2) is 6.97. The molecule has 0 spiro atoms. The number of rotatable bonds is 4. The molecule has 0 saturated carbocycles. The second-order valence-electron chi connectivity index (χ2n) is 8.05. The van der Waals surface area contributed by atoms with E-state index in [2.05, 4.69) is 36.0 Å². The molecular formula is C18H35N3. The summed E-state index contributed by atoms with van der Waals surface area (Å²) in [6.07, 6.45) is 9.86. The molecule has 3 aliphatic heterocycles. The van der Waals surface area contributed by atoms with Crippen LogP contribution in [-0.2, 0) is 0 Å². The molecule has 3 nitrogen and oxygen atoms in total. The molecule has 3 aliphatic rings. The molecule has 0 aliphatic carbocycles. The van der Waals surface area contributed by atoms with E-state index in [9.17, 15) is 0 Å². The van der Waals surface area contributed by atoms with Crippen LogP contribution >= 0.6 is 0 Å². The van der Waals surface area contributed by atoms with Crippen LogP contribution < -0.4 is 5.32 Å². The van der Waals surface area contributed by atoms with Crippen LogP contribution in [0.15, 0.2) is 0 Å². The van der Waals surface area contributed by atoms with E-state index in [0.717, 1.165) is 24.0 Å². The highest BCUT2D eigenvalue weighted by molar-refractivity contribution is 4.94. The summed E-state index contributed by atoms with van der Waals surface area (Å²) in [6.45, 7) is 8.53. The molecule has 3 heterocycles. The summed E-state index contributed by atoms with van der Waals surface area (Å²) in [4.78, 5) is 5.31. The van der Waals surface area contributed by atoms with Crippen molar-refractivity contribution in [2.75, 3.05) is 26.7 Å². The summed E-state index contributed by atoms with van der Waals surface area (Å²) in [5, 5.41) is 3.93. The molecule has 2 bridgehead atoms. The summed E-state index contributed by atoms with van der Waals surface area (Å²) >= 11 is 0. The third kappa shape index (κ3) is 3.80. The van der Waals surface area contributed by atoms with Crippen molar-refractivity contribution in [2.45, 2.75) is 83.0 Å². The van der Waals surface area contributed by atoms with Gasteiger partial charge in [-0.3, -0.25) is 0 Å². The Morgan fingerprint density at radius 2 is 1.71 bits per heavy atom. The van der Waals surface area contributed by atoms with Crippen molar-refractivity contribution < 1.29 is 0 Å². The highest BCUT2D eigenvalue weighted by Gasteiger charge is 2.38. The normalized spacial score (nSPS) is 38.9. The second-order valence-corrected chi connectivity index (χ2v) is 8.05. The van der Waals surface area contributed by atoms with E-state index in [1.165, 1.54) is 64.6 Å². The van der Waals surface area contributed by atoms with Crippen molar-refractivity contribution in [2.24, 2.45) is 5.92 Å². The highest BCUT2D eigenvalue weighted by atomic mass is 15.2. The maximum absolute atomic E-state index is 3.93. The van der Waals surface area contributed by atoms with Crippen LogP contribution in [0.2, 0.25) is 0 Å². The molecular weight excluding hydrogens is 258 g/mol. The number of likely N-dealkylation sites (tertiary alicyclic amines) is 1. The molecule has 3 atom stereocenters. The topological polar surface area (TPSA) is 18.5 Å². The lowest BCUT2D eigenvalue weighted by Gasteiger charge is -2.37. The van der Waals surface area contributed by atoms with Gasteiger partial charge in [0, 0.05) is 24.2 Å². The van der Waals surface area contributed by atoms with Crippen LogP contribution in [0.1, 0.15) is 58.8 Å². The van der Waals surface area contributed by atoms with Gasteiger partial charge < -0.3 is 15.1 Å². The van der Waals surface area contributed by atoms with Gasteiger partial charge in [0.2, 0.25) is 0 Å². The van der Waals surface area contributed by atoms with Crippen molar-refractivity contribution in [1.82, 2.24) is 15.1 Å². The third-order valence-electron chi connectivity index (χ3n) is 6.38. The fraction of sp³-hybridized carbons (Fsp3) is 1.00.